The maximum Gasteiger partial charge on any atom is 0.281 e. The van der Waals surface area contributed by atoms with Crippen LogP contribution in [0.5, 0.6) is 0 Å². The Hall–Kier alpha value is -3.70. The van der Waals surface area contributed by atoms with Crippen LogP contribution in [0.3, 0.4) is 0 Å². The zero-order valence-electron chi connectivity index (χ0n) is 16.0. The Morgan fingerprint density at radius 3 is 2.40 bits per heavy atom. The SMILES string of the molecule is Cc1ccc(-n2c3nc4ccc(Cl)cc4cc3c3nc4ccccc4c(=O)n32)cc1. The highest BCUT2D eigenvalue weighted by Crippen LogP contribution is 2.28. The fourth-order valence-corrected chi connectivity index (χ4v) is 4.15. The van der Waals surface area contributed by atoms with Crippen LogP contribution in [0.2, 0.25) is 5.02 Å². The van der Waals surface area contributed by atoms with Gasteiger partial charge in [-0.15, -0.1) is 0 Å². The van der Waals surface area contributed by atoms with Gasteiger partial charge in [0.25, 0.3) is 5.56 Å². The molecule has 0 aliphatic carbocycles. The Labute approximate surface area is 175 Å². The number of fused-ring (bicyclic) bond motifs is 5. The second-order valence-electron chi connectivity index (χ2n) is 7.41. The number of hydrogen-bond donors (Lipinski definition) is 0. The lowest BCUT2D eigenvalue weighted by atomic mass is 10.2. The summed E-state index contributed by atoms with van der Waals surface area (Å²) in [6, 6.07) is 23.0. The third-order valence-corrected chi connectivity index (χ3v) is 5.67. The van der Waals surface area contributed by atoms with Crippen molar-refractivity contribution in [3.05, 3.63) is 93.7 Å². The Balaban J connectivity index is 1.89. The summed E-state index contributed by atoms with van der Waals surface area (Å²) >= 11 is 6.20. The third-order valence-electron chi connectivity index (χ3n) is 5.43. The Morgan fingerprint density at radius 2 is 1.57 bits per heavy atom. The number of benzene rings is 3. The van der Waals surface area contributed by atoms with Crippen molar-refractivity contribution in [3.8, 4) is 5.69 Å². The van der Waals surface area contributed by atoms with E-state index in [0.29, 0.717) is 27.2 Å². The van der Waals surface area contributed by atoms with Gasteiger partial charge in [0.05, 0.1) is 27.5 Å². The predicted molar refractivity (Wildman–Crippen MR) is 121 cm³/mol. The van der Waals surface area contributed by atoms with Crippen molar-refractivity contribution in [2.75, 3.05) is 0 Å². The average molecular weight is 411 g/mol. The maximum atomic E-state index is 13.5. The van der Waals surface area contributed by atoms with Crippen molar-refractivity contribution >= 4 is 50.1 Å². The van der Waals surface area contributed by atoms with E-state index in [9.17, 15) is 4.79 Å². The van der Waals surface area contributed by atoms with Crippen LogP contribution < -0.4 is 5.56 Å². The van der Waals surface area contributed by atoms with Crippen LogP contribution in [0, 0.1) is 6.92 Å². The van der Waals surface area contributed by atoms with Crippen LogP contribution in [0.4, 0.5) is 0 Å². The molecule has 0 saturated carbocycles. The van der Waals surface area contributed by atoms with E-state index in [0.717, 1.165) is 27.5 Å². The van der Waals surface area contributed by atoms with E-state index in [4.69, 9.17) is 21.6 Å². The molecule has 0 atom stereocenters. The van der Waals surface area contributed by atoms with Gasteiger partial charge in [-0.05, 0) is 55.5 Å². The molecule has 6 aromatic rings. The molecule has 30 heavy (non-hydrogen) atoms. The first kappa shape index (κ1) is 17.2. The first-order valence-corrected chi connectivity index (χ1v) is 9.97. The van der Waals surface area contributed by atoms with Crippen LogP contribution in [0.15, 0.2) is 77.6 Å². The fourth-order valence-electron chi connectivity index (χ4n) is 3.97. The van der Waals surface area contributed by atoms with E-state index < -0.39 is 0 Å². The first-order valence-electron chi connectivity index (χ1n) is 9.60. The van der Waals surface area contributed by atoms with E-state index in [-0.39, 0.29) is 5.56 Å². The monoisotopic (exact) mass is 410 g/mol. The van der Waals surface area contributed by atoms with Crippen LogP contribution in [-0.2, 0) is 0 Å². The van der Waals surface area contributed by atoms with Gasteiger partial charge in [-0.1, -0.05) is 41.4 Å². The molecule has 0 radical (unpaired) electrons. The van der Waals surface area contributed by atoms with Crippen molar-refractivity contribution in [3.63, 3.8) is 0 Å². The first-order chi connectivity index (χ1) is 14.6. The largest absolute Gasteiger partial charge is 0.281 e. The molecule has 0 N–H and O–H groups in total. The van der Waals surface area contributed by atoms with Gasteiger partial charge in [-0.2, -0.15) is 4.52 Å². The number of pyridine rings is 1. The second-order valence-corrected chi connectivity index (χ2v) is 7.85. The smallest absolute Gasteiger partial charge is 0.267 e. The lowest BCUT2D eigenvalue weighted by molar-refractivity contribution is 0.787. The summed E-state index contributed by atoms with van der Waals surface area (Å²) in [6.07, 6.45) is 0. The normalized spacial score (nSPS) is 11.8. The van der Waals surface area contributed by atoms with E-state index in [2.05, 4.69) is 0 Å². The summed E-state index contributed by atoms with van der Waals surface area (Å²) in [5, 5.41) is 2.91. The van der Waals surface area contributed by atoms with Crippen LogP contribution in [0.1, 0.15) is 5.56 Å². The van der Waals surface area contributed by atoms with Gasteiger partial charge in [-0.3, -0.25) is 4.79 Å². The summed E-state index contributed by atoms with van der Waals surface area (Å²) in [7, 11) is 0. The van der Waals surface area contributed by atoms with Crippen LogP contribution in [-0.4, -0.2) is 19.2 Å². The van der Waals surface area contributed by atoms with Crippen LogP contribution >= 0.6 is 11.6 Å². The molecular formula is C24H15ClN4O. The lowest BCUT2D eigenvalue weighted by Gasteiger charge is -2.08. The molecule has 5 nitrogen and oxygen atoms in total. The molecule has 0 fully saturated rings. The van der Waals surface area contributed by atoms with Gasteiger partial charge in [0.15, 0.2) is 11.3 Å². The highest BCUT2D eigenvalue weighted by atomic mass is 35.5. The summed E-state index contributed by atoms with van der Waals surface area (Å²) in [4.78, 5) is 23.2. The molecule has 0 bridgehead atoms. The number of rotatable bonds is 1. The third kappa shape index (κ3) is 2.39. The van der Waals surface area contributed by atoms with Crippen LogP contribution in [0.25, 0.3) is 44.2 Å². The number of para-hydroxylation sites is 1. The number of aromatic nitrogens is 4. The molecule has 6 heteroatoms. The van der Waals surface area contributed by atoms with E-state index in [1.165, 1.54) is 0 Å². The number of aryl methyl sites for hydroxylation is 1. The summed E-state index contributed by atoms with van der Waals surface area (Å²) < 4.78 is 3.46. The van der Waals surface area contributed by atoms with Crippen molar-refractivity contribution < 1.29 is 0 Å². The zero-order valence-corrected chi connectivity index (χ0v) is 16.8. The van der Waals surface area contributed by atoms with E-state index in [1.807, 2.05) is 78.3 Å². The van der Waals surface area contributed by atoms with Gasteiger partial charge in [-0.25, -0.2) is 14.6 Å². The Bertz CT molecular complexity index is 1680. The molecule has 0 aliphatic heterocycles. The highest BCUT2D eigenvalue weighted by Gasteiger charge is 2.19. The topological polar surface area (TPSA) is 52.2 Å². The Kier molecular flexibility index (Phi) is 3.52. The molecule has 0 saturated heterocycles. The predicted octanol–water partition coefficient (Wildman–Crippen LogP) is 5.30. The highest BCUT2D eigenvalue weighted by molar-refractivity contribution is 6.31. The molecule has 6 rings (SSSR count). The minimum atomic E-state index is -0.128. The molecule has 3 aromatic heterocycles. The number of halogens is 1. The fraction of sp³-hybridized carbons (Fsp3) is 0.0417. The minimum absolute atomic E-state index is 0.128. The zero-order chi connectivity index (χ0) is 20.4. The molecule has 3 heterocycles. The minimum Gasteiger partial charge on any atom is -0.267 e. The van der Waals surface area contributed by atoms with E-state index in [1.54, 1.807) is 10.6 Å². The lowest BCUT2D eigenvalue weighted by Crippen LogP contribution is -2.21. The second kappa shape index (κ2) is 6.15. The number of hydrogen-bond acceptors (Lipinski definition) is 3. The standard InChI is InChI=1S/C24H15ClN4O/c1-14-6-9-17(10-7-14)28-22-19(13-15-12-16(25)8-11-20(15)26-22)23-27-21-5-3-2-4-18(21)24(30)29(23)28/h2-13H,1H3. The average Bonchev–Trinajstić information content (AvgIpc) is 3.06. The van der Waals surface area contributed by atoms with Gasteiger partial charge in [0.1, 0.15) is 0 Å². The molecule has 0 spiro atoms. The molecule has 144 valence electrons. The molecule has 0 amide bonds. The van der Waals surface area contributed by atoms with E-state index >= 15 is 0 Å². The maximum absolute atomic E-state index is 13.5. The van der Waals surface area contributed by atoms with Gasteiger partial charge >= 0.3 is 0 Å². The molecule has 0 unspecified atom stereocenters. The summed E-state index contributed by atoms with van der Waals surface area (Å²) in [6.45, 7) is 2.03. The van der Waals surface area contributed by atoms with Crippen molar-refractivity contribution in [1.29, 1.82) is 0 Å². The quantitative estimate of drug-likeness (QED) is 0.369. The molecule has 0 aliphatic rings. The molecular weight excluding hydrogens is 396 g/mol. The van der Waals surface area contributed by atoms with Crippen molar-refractivity contribution in [2.24, 2.45) is 0 Å². The van der Waals surface area contributed by atoms with Gasteiger partial charge in [0.2, 0.25) is 0 Å². The summed E-state index contributed by atoms with van der Waals surface area (Å²) in [5.74, 6) is 0. The van der Waals surface area contributed by atoms with Crippen molar-refractivity contribution in [2.45, 2.75) is 6.92 Å². The number of nitrogens with zero attached hydrogens (tertiary/aromatic N) is 4. The summed E-state index contributed by atoms with van der Waals surface area (Å²) in [5.41, 5.74) is 4.58. The molecule has 3 aromatic carbocycles. The Morgan fingerprint density at radius 1 is 0.800 bits per heavy atom. The van der Waals surface area contributed by atoms with Gasteiger partial charge < -0.3 is 0 Å². The van der Waals surface area contributed by atoms with Crippen molar-refractivity contribution in [1.82, 2.24) is 19.2 Å². The van der Waals surface area contributed by atoms with Gasteiger partial charge in [0, 0.05) is 10.4 Å².